The Balaban J connectivity index is 4.38. The average molecular weight is 244 g/mol. The van der Waals surface area contributed by atoms with E-state index in [0.717, 1.165) is 0 Å². The molecule has 0 saturated carbocycles. The number of nitrogens with two attached hydrogens (primary N) is 1. The Labute approximate surface area is 101 Å². The maximum absolute atomic E-state index is 11.7. The zero-order valence-electron chi connectivity index (χ0n) is 10.2. The molecule has 0 fully saturated rings. The van der Waals surface area contributed by atoms with Gasteiger partial charge in [0, 0.05) is 12.3 Å². The molecular weight excluding hydrogens is 224 g/mol. The number of aliphatic carboxylic acids is 1. The van der Waals surface area contributed by atoms with Gasteiger partial charge in [0.05, 0.1) is 0 Å². The summed E-state index contributed by atoms with van der Waals surface area (Å²) < 4.78 is 0. The third kappa shape index (κ3) is 5.89. The lowest BCUT2D eigenvalue weighted by atomic mass is 10.0. The zero-order chi connectivity index (χ0) is 13.4. The second kappa shape index (κ2) is 7.65. The molecule has 0 radical (unpaired) electrons. The average Bonchev–Trinajstić information content (AvgIpc) is 2.25. The van der Waals surface area contributed by atoms with E-state index in [-0.39, 0.29) is 24.7 Å². The van der Waals surface area contributed by atoms with Gasteiger partial charge in [-0.1, -0.05) is 13.8 Å². The van der Waals surface area contributed by atoms with E-state index in [0.29, 0.717) is 12.8 Å². The van der Waals surface area contributed by atoms with Crippen molar-refractivity contribution in [2.45, 2.75) is 45.6 Å². The number of rotatable bonds is 8. The first-order valence-electron chi connectivity index (χ1n) is 5.73. The molecule has 0 aromatic rings. The maximum Gasteiger partial charge on any atom is 0.326 e. The number of carboxylic acids is 1. The molecule has 98 valence electrons. The SMILES string of the molecule is CCC(CC)C(=O)N[C@@H](CCC(N)=O)C(=O)O. The fourth-order valence-electron chi connectivity index (χ4n) is 1.49. The lowest BCUT2D eigenvalue weighted by Crippen LogP contribution is -2.43. The minimum atomic E-state index is -1.15. The lowest BCUT2D eigenvalue weighted by molar-refractivity contribution is -0.142. The van der Waals surface area contributed by atoms with Gasteiger partial charge in [0.25, 0.3) is 0 Å². The third-order valence-electron chi connectivity index (χ3n) is 2.65. The molecule has 0 heterocycles. The topological polar surface area (TPSA) is 109 Å². The van der Waals surface area contributed by atoms with Crippen LogP contribution in [-0.2, 0) is 14.4 Å². The summed E-state index contributed by atoms with van der Waals surface area (Å²) in [5.74, 6) is -2.20. The molecule has 0 spiro atoms. The number of primary amides is 1. The highest BCUT2D eigenvalue weighted by molar-refractivity contribution is 5.85. The summed E-state index contributed by atoms with van der Waals surface area (Å²) in [6.45, 7) is 3.74. The summed E-state index contributed by atoms with van der Waals surface area (Å²) in [6.07, 6.45) is 1.28. The van der Waals surface area contributed by atoms with Crippen molar-refractivity contribution in [3.05, 3.63) is 0 Å². The molecule has 0 aliphatic rings. The Morgan fingerprint density at radius 1 is 1.24 bits per heavy atom. The van der Waals surface area contributed by atoms with Gasteiger partial charge in [-0.15, -0.1) is 0 Å². The van der Waals surface area contributed by atoms with Crippen molar-refractivity contribution in [1.29, 1.82) is 0 Å². The van der Waals surface area contributed by atoms with Crippen LogP contribution in [0.1, 0.15) is 39.5 Å². The van der Waals surface area contributed by atoms with Crippen LogP contribution < -0.4 is 11.1 Å². The fraction of sp³-hybridized carbons (Fsp3) is 0.727. The monoisotopic (exact) mass is 244 g/mol. The van der Waals surface area contributed by atoms with Gasteiger partial charge in [0.15, 0.2) is 0 Å². The molecule has 0 aromatic heterocycles. The molecule has 0 aliphatic carbocycles. The summed E-state index contributed by atoms with van der Waals surface area (Å²) in [6, 6.07) is -1.05. The number of nitrogens with one attached hydrogen (secondary N) is 1. The third-order valence-corrected chi connectivity index (χ3v) is 2.65. The first kappa shape index (κ1) is 15.4. The fourth-order valence-corrected chi connectivity index (χ4v) is 1.49. The van der Waals surface area contributed by atoms with Gasteiger partial charge >= 0.3 is 5.97 Å². The molecule has 2 amide bonds. The largest absolute Gasteiger partial charge is 0.480 e. The van der Waals surface area contributed by atoms with Gasteiger partial charge in [-0.3, -0.25) is 9.59 Å². The molecular formula is C11H20N2O4. The van der Waals surface area contributed by atoms with Crippen molar-refractivity contribution in [3.8, 4) is 0 Å². The van der Waals surface area contributed by atoms with Gasteiger partial charge in [0.1, 0.15) is 6.04 Å². The van der Waals surface area contributed by atoms with E-state index in [1.165, 1.54) is 0 Å². The Hall–Kier alpha value is -1.59. The van der Waals surface area contributed by atoms with Crippen LogP contribution in [0.3, 0.4) is 0 Å². The number of hydrogen-bond acceptors (Lipinski definition) is 3. The van der Waals surface area contributed by atoms with Gasteiger partial charge in [0.2, 0.25) is 11.8 Å². The van der Waals surface area contributed by atoms with Crippen molar-refractivity contribution >= 4 is 17.8 Å². The summed E-state index contributed by atoms with van der Waals surface area (Å²) in [5, 5.41) is 11.3. The number of carboxylic acid groups (broad SMARTS) is 1. The summed E-state index contributed by atoms with van der Waals surface area (Å²) in [7, 11) is 0. The number of carbonyl (C=O) groups is 3. The van der Waals surface area contributed by atoms with E-state index in [9.17, 15) is 14.4 Å². The summed E-state index contributed by atoms with van der Waals surface area (Å²) >= 11 is 0. The van der Waals surface area contributed by atoms with Crippen LogP contribution in [0.25, 0.3) is 0 Å². The van der Waals surface area contributed by atoms with Gasteiger partial charge < -0.3 is 16.2 Å². The van der Waals surface area contributed by atoms with Crippen molar-refractivity contribution in [2.75, 3.05) is 0 Å². The van der Waals surface area contributed by atoms with E-state index in [4.69, 9.17) is 10.8 Å². The van der Waals surface area contributed by atoms with Gasteiger partial charge in [-0.2, -0.15) is 0 Å². The number of carbonyl (C=O) groups excluding carboxylic acids is 2. The predicted molar refractivity (Wildman–Crippen MR) is 62.1 cm³/mol. The molecule has 0 aromatic carbocycles. The molecule has 1 atom stereocenters. The standard InChI is InChI=1S/C11H20N2O4/c1-3-7(4-2)10(15)13-8(11(16)17)5-6-9(12)14/h7-8H,3-6H2,1-2H3,(H2,12,14)(H,13,15)(H,16,17)/t8-/m0/s1. The first-order chi connectivity index (χ1) is 7.92. The number of amides is 2. The van der Waals surface area contributed by atoms with Crippen LogP contribution in [0.4, 0.5) is 0 Å². The van der Waals surface area contributed by atoms with Crippen LogP contribution in [0.5, 0.6) is 0 Å². The minimum absolute atomic E-state index is 0.0244. The quantitative estimate of drug-likeness (QED) is 0.568. The second-order valence-corrected chi connectivity index (χ2v) is 3.92. The Morgan fingerprint density at radius 2 is 1.76 bits per heavy atom. The minimum Gasteiger partial charge on any atom is -0.480 e. The van der Waals surface area contributed by atoms with E-state index >= 15 is 0 Å². The maximum atomic E-state index is 11.7. The van der Waals surface area contributed by atoms with Crippen molar-refractivity contribution in [3.63, 3.8) is 0 Å². The predicted octanol–water partition coefficient (Wildman–Crippen LogP) is 0.258. The normalized spacial score (nSPS) is 12.2. The Morgan fingerprint density at radius 3 is 2.12 bits per heavy atom. The highest BCUT2D eigenvalue weighted by Crippen LogP contribution is 2.08. The smallest absolute Gasteiger partial charge is 0.326 e. The van der Waals surface area contributed by atoms with Crippen LogP contribution in [-0.4, -0.2) is 28.9 Å². The molecule has 6 heteroatoms. The molecule has 0 saturated heterocycles. The van der Waals surface area contributed by atoms with Crippen LogP contribution in [0.2, 0.25) is 0 Å². The highest BCUT2D eigenvalue weighted by atomic mass is 16.4. The van der Waals surface area contributed by atoms with Crippen molar-refractivity contribution < 1.29 is 19.5 Å². The second-order valence-electron chi connectivity index (χ2n) is 3.92. The zero-order valence-corrected chi connectivity index (χ0v) is 10.2. The molecule has 0 unspecified atom stereocenters. The Bertz CT molecular complexity index is 287. The molecule has 17 heavy (non-hydrogen) atoms. The highest BCUT2D eigenvalue weighted by Gasteiger charge is 2.23. The summed E-state index contributed by atoms with van der Waals surface area (Å²) in [5.41, 5.74) is 4.94. The molecule has 4 N–H and O–H groups in total. The van der Waals surface area contributed by atoms with Crippen LogP contribution >= 0.6 is 0 Å². The van der Waals surface area contributed by atoms with Crippen LogP contribution in [0.15, 0.2) is 0 Å². The molecule has 0 bridgehead atoms. The molecule has 0 aliphatic heterocycles. The molecule has 6 nitrogen and oxygen atoms in total. The lowest BCUT2D eigenvalue weighted by Gasteiger charge is -2.17. The molecule has 0 rings (SSSR count). The van der Waals surface area contributed by atoms with E-state index in [2.05, 4.69) is 5.32 Å². The van der Waals surface area contributed by atoms with E-state index in [1.54, 1.807) is 0 Å². The first-order valence-corrected chi connectivity index (χ1v) is 5.73. The summed E-state index contributed by atoms with van der Waals surface area (Å²) in [4.78, 5) is 33.1. The van der Waals surface area contributed by atoms with Crippen molar-refractivity contribution in [1.82, 2.24) is 5.32 Å². The van der Waals surface area contributed by atoms with Crippen molar-refractivity contribution in [2.24, 2.45) is 11.7 Å². The van der Waals surface area contributed by atoms with E-state index in [1.807, 2.05) is 13.8 Å². The number of hydrogen-bond donors (Lipinski definition) is 3. The van der Waals surface area contributed by atoms with E-state index < -0.39 is 17.9 Å². The van der Waals surface area contributed by atoms with Gasteiger partial charge in [-0.05, 0) is 19.3 Å². The van der Waals surface area contributed by atoms with Gasteiger partial charge in [-0.25, -0.2) is 4.79 Å². The van der Waals surface area contributed by atoms with Crippen LogP contribution in [0, 0.1) is 5.92 Å². The Kier molecular flexibility index (Phi) is 6.93.